The second-order valence-electron chi connectivity index (χ2n) is 4.49. The average molecular weight is 151 g/mol. The summed E-state index contributed by atoms with van der Waals surface area (Å²) >= 11 is 0. The van der Waals surface area contributed by atoms with Gasteiger partial charge in [0, 0.05) is 17.2 Å². The third-order valence-electron chi connectivity index (χ3n) is 3.14. The Labute approximate surface area is 68.9 Å². The maximum absolute atomic E-state index is 4.08. The van der Waals surface area contributed by atoms with Crippen molar-refractivity contribution in [3.63, 3.8) is 0 Å². The summed E-state index contributed by atoms with van der Waals surface area (Å²) in [4.78, 5) is 0. The van der Waals surface area contributed by atoms with Gasteiger partial charge in [0.25, 0.3) is 0 Å². The van der Waals surface area contributed by atoms with Gasteiger partial charge in [0.05, 0.1) is 0 Å². The molecule has 1 atom stereocenters. The summed E-state index contributed by atoms with van der Waals surface area (Å²) in [7, 11) is 0. The van der Waals surface area contributed by atoms with E-state index in [0.29, 0.717) is 5.54 Å². The van der Waals surface area contributed by atoms with E-state index in [9.17, 15) is 0 Å². The molecule has 0 aromatic rings. The quantitative estimate of drug-likeness (QED) is 0.606. The summed E-state index contributed by atoms with van der Waals surface area (Å²) < 4.78 is 0. The van der Waals surface area contributed by atoms with Crippen molar-refractivity contribution >= 4 is 0 Å². The Kier molecular flexibility index (Phi) is 1.33. The normalized spacial score (nSPS) is 33.0. The molecule has 2 fully saturated rings. The number of allylic oxidation sites excluding steroid dienone is 1. The molecule has 62 valence electrons. The topological polar surface area (TPSA) is 12.0 Å². The summed E-state index contributed by atoms with van der Waals surface area (Å²) in [6.45, 7) is 8.66. The highest BCUT2D eigenvalue weighted by Gasteiger charge is 2.50. The first-order valence-electron chi connectivity index (χ1n) is 4.60. The summed E-state index contributed by atoms with van der Waals surface area (Å²) in [5, 5.41) is 3.54. The lowest BCUT2D eigenvalue weighted by Crippen LogP contribution is -2.20. The number of hydrogen-bond acceptors (Lipinski definition) is 1. The van der Waals surface area contributed by atoms with Crippen LogP contribution in [0.25, 0.3) is 0 Å². The van der Waals surface area contributed by atoms with Gasteiger partial charge in [0.1, 0.15) is 0 Å². The fourth-order valence-electron chi connectivity index (χ4n) is 2.15. The third-order valence-corrected chi connectivity index (χ3v) is 3.14. The Hall–Kier alpha value is -0.460. The minimum Gasteiger partial charge on any atom is -0.383 e. The molecule has 0 bridgehead atoms. The second-order valence-corrected chi connectivity index (χ2v) is 4.49. The van der Waals surface area contributed by atoms with Crippen LogP contribution in [-0.2, 0) is 0 Å². The highest BCUT2D eigenvalue weighted by molar-refractivity contribution is 5.21. The summed E-state index contributed by atoms with van der Waals surface area (Å²) in [5.41, 5.74) is 1.81. The van der Waals surface area contributed by atoms with Crippen LogP contribution in [0, 0.1) is 11.8 Å². The largest absolute Gasteiger partial charge is 0.383 e. The van der Waals surface area contributed by atoms with E-state index >= 15 is 0 Å². The van der Waals surface area contributed by atoms with Crippen LogP contribution in [0.15, 0.2) is 12.3 Å². The van der Waals surface area contributed by atoms with Crippen LogP contribution in [-0.4, -0.2) is 5.54 Å². The van der Waals surface area contributed by atoms with E-state index in [-0.39, 0.29) is 0 Å². The smallest absolute Gasteiger partial charge is 0.0379 e. The van der Waals surface area contributed by atoms with E-state index in [1.165, 1.54) is 25.0 Å². The molecule has 0 amide bonds. The lowest BCUT2D eigenvalue weighted by Gasteiger charge is -2.13. The lowest BCUT2D eigenvalue weighted by atomic mass is 9.91. The third kappa shape index (κ3) is 1.07. The van der Waals surface area contributed by atoms with Gasteiger partial charge in [-0.15, -0.1) is 0 Å². The molecule has 2 aliphatic rings. The van der Waals surface area contributed by atoms with Gasteiger partial charge < -0.3 is 5.32 Å². The van der Waals surface area contributed by atoms with Crippen molar-refractivity contribution in [1.82, 2.24) is 5.32 Å². The average Bonchev–Trinajstić information content (AvgIpc) is 2.54. The molecule has 1 saturated heterocycles. The van der Waals surface area contributed by atoms with Gasteiger partial charge in [-0.1, -0.05) is 20.4 Å². The zero-order valence-electron chi connectivity index (χ0n) is 7.48. The van der Waals surface area contributed by atoms with Gasteiger partial charge in [-0.25, -0.2) is 0 Å². The molecule has 1 heteroatoms. The molecule has 1 aliphatic heterocycles. The van der Waals surface area contributed by atoms with E-state index in [4.69, 9.17) is 0 Å². The van der Waals surface area contributed by atoms with E-state index < -0.39 is 0 Å². The molecule has 1 aliphatic carbocycles. The molecule has 2 rings (SSSR count). The summed E-state index contributed by atoms with van der Waals surface area (Å²) in [6.07, 6.45) is 4.08. The van der Waals surface area contributed by atoms with Crippen LogP contribution in [0.4, 0.5) is 0 Å². The van der Waals surface area contributed by atoms with Gasteiger partial charge in [-0.3, -0.25) is 0 Å². The first-order valence-corrected chi connectivity index (χ1v) is 4.60. The van der Waals surface area contributed by atoms with Gasteiger partial charge >= 0.3 is 0 Å². The molecule has 1 spiro atoms. The second kappa shape index (κ2) is 2.02. The number of nitrogens with one attached hydrogen (secondary N) is 1. The SMILES string of the molecule is C=C1NC2(CC2)C[C@H]1C(C)C. The Bertz CT molecular complexity index is 189. The van der Waals surface area contributed by atoms with Crippen LogP contribution in [0.2, 0.25) is 0 Å². The minimum atomic E-state index is 0.520. The standard InChI is InChI=1S/C10H17N/c1-7(2)9-6-10(4-5-10)11-8(9)3/h7,9,11H,3-6H2,1-2H3/t9-/m0/s1. The molecule has 1 heterocycles. The van der Waals surface area contributed by atoms with E-state index in [2.05, 4.69) is 25.7 Å². The van der Waals surface area contributed by atoms with Crippen molar-refractivity contribution in [2.24, 2.45) is 11.8 Å². The predicted molar refractivity (Wildman–Crippen MR) is 47.2 cm³/mol. The molecule has 1 nitrogen and oxygen atoms in total. The van der Waals surface area contributed by atoms with Crippen LogP contribution in [0.3, 0.4) is 0 Å². The lowest BCUT2D eigenvalue weighted by molar-refractivity contribution is 0.433. The Morgan fingerprint density at radius 3 is 2.45 bits per heavy atom. The van der Waals surface area contributed by atoms with E-state index in [1.54, 1.807) is 0 Å². The molecular weight excluding hydrogens is 134 g/mol. The van der Waals surface area contributed by atoms with E-state index in [1.807, 2.05) is 0 Å². The maximum Gasteiger partial charge on any atom is 0.0379 e. The maximum atomic E-state index is 4.08. The van der Waals surface area contributed by atoms with Crippen molar-refractivity contribution in [3.8, 4) is 0 Å². The van der Waals surface area contributed by atoms with Gasteiger partial charge in [0.2, 0.25) is 0 Å². The molecular formula is C10H17N. The number of rotatable bonds is 1. The zero-order valence-corrected chi connectivity index (χ0v) is 7.48. The molecule has 0 aromatic carbocycles. The van der Waals surface area contributed by atoms with Gasteiger partial charge in [-0.05, 0) is 25.2 Å². The Balaban J connectivity index is 2.08. The highest BCUT2D eigenvalue weighted by atomic mass is 15.1. The highest BCUT2D eigenvalue weighted by Crippen LogP contribution is 2.49. The first kappa shape index (κ1) is 7.20. The first-order chi connectivity index (χ1) is 5.13. The summed E-state index contributed by atoms with van der Waals surface area (Å²) in [6, 6.07) is 0. The van der Waals surface area contributed by atoms with Gasteiger partial charge in [0.15, 0.2) is 0 Å². The Morgan fingerprint density at radius 1 is 1.55 bits per heavy atom. The van der Waals surface area contributed by atoms with Crippen molar-refractivity contribution in [1.29, 1.82) is 0 Å². The molecule has 0 radical (unpaired) electrons. The molecule has 1 saturated carbocycles. The minimum absolute atomic E-state index is 0.520. The van der Waals surface area contributed by atoms with Crippen LogP contribution in [0.5, 0.6) is 0 Å². The Morgan fingerprint density at radius 2 is 2.18 bits per heavy atom. The van der Waals surface area contributed by atoms with Gasteiger partial charge in [-0.2, -0.15) is 0 Å². The van der Waals surface area contributed by atoms with Crippen LogP contribution >= 0.6 is 0 Å². The van der Waals surface area contributed by atoms with Crippen molar-refractivity contribution in [2.45, 2.75) is 38.6 Å². The van der Waals surface area contributed by atoms with Crippen LogP contribution in [0.1, 0.15) is 33.1 Å². The number of hydrogen-bond donors (Lipinski definition) is 1. The van der Waals surface area contributed by atoms with E-state index in [0.717, 1.165) is 11.8 Å². The zero-order chi connectivity index (χ0) is 8.06. The van der Waals surface area contributed by atoms with Crippen molar-refractivity contribution in [3.05, 3.63) is 12.3 Å². The molecule has 0 aromatic heterocycles. The fourth-order valence-corrected chi connectivity index (χ4v) is 2.15. The molecule has 0 unspecified atom stereocenters. The molecule has 11 heavy (non-hydrogen) atoms. The molecule has 1 N–H and O–H groups in total. The summed E-state index contributed by atoms with van der Waals surface area (Å²) in [5.74, 6) is 1.49. The van der Waals surface area contributed by atoms with Crippen molar-refractivity contribution in [2.75, 3.05) is 0 Å². The van der Waals surface area contributed by atoms with Crippen molar-refractivity contribution < 1.29 is 0 Å². The fraction of sp³-hybridized carbons (Fsp3) is 0.800. The van der Waals surface area contributed by atoms with Crippen LogP contribution < -0.4 is 5.32 Å². The predicted octanol–water partition coefficient (Wildman–Crippen LogP) is 2.30. The monoisotopic (exact) mass is 151 g/mol.